The molecule has 3 rings (SSSR count). The zero-order chi connectivity index (χ0) is 12.4. The van der Waals surface area contributed by atoms with E-state index >= 15 is 0 Å². The summed E-state index contributed by atoms with van der Waals surface area (Å²) in [5.41, 5.74) is 7.35. The highest BCUT2D eigenvalue weighted by molar-refractivity contribution is 7.09. The number of hydrogen-bond donors (Lipinski definition) is 2. The van der Waals surface area contributed by atoms with Crippen LogP contribution in [0.1, 0.15) is 40.9 Å². The summed E-state index contributed by atoms with van der Waals surface area (Å²) in [5.74, 6) is 6.10. The second-order valence-electron chi connectivity index (χ2n) is 4.59. The largest absolute Gasteiger partial charge is 0.271 e. The first-order chi connectivity index (χ1) is 8.90. The van der Waals surface area contributed by atoms with E-state index in [2.05, 4.69) is 21.5 Å². The molecule has 2 aromatic heterocycles. The van der Waals surface area contributed by atoms with Crippen molar-refractivity contribution in [3.8, 4) is 0 Å². The first kappa shape index (κ1) is 11.8. The molecule has 5 heteroatoms. The maximum atomic E-state index is 5.75. The lowest BCUT2D eigenvalue weighted by Crippen LogP contribution is -2.34. The van der Waals surface area contributed by atoms with Crippen molar-refractivity contribution in [3.05, 3.63) is 46.2 Å². The third kappa shape index (κ3) is 2.05. The molecule has 0 bridgehead atoms. The Morgan fingerprint density at radius 2 is 2.44 bits per heavy atom. The summed E-state index contributed by atoms with van der Waals surface area (Å²) < 4.78 is 0. The Kier molecular flexibility index (Phi) is 3.36. The van der Waals surface area contributed by atoms with Gasteiger partial charge in [0.15, 0.2) is 0 Å². The molecular formula is C13H16N4S. The number of hydrogen-bond acceptors (Lipinski definition) is 5. The number of nitrogens with two attached hydrogens (primary N) is 1. The van der Waals surface area contributed by atoms with E-state index in [1.54, 1.807) is 11.3 Å². The minimum absolute atomic E-state index is 0.117. The SMILES string of the molecule is NNC(c1cncs1)C1CCCc2cccnc21. The summed E-state index contributed by atoms with van der Waals surface area (Å²) in [6, 6.07) is 4.31. The Labute approximate surface area is 110 Å². The van der Waals surface area contributed by atoms with Crippen LogP contribution in [-0.4, -0.2) is 9.97 Å². The standard InChI is InChI=1S/C13H16N4S/c14-17-13(11-7-15-8-18-11)10-5-1-3-9-4-2-6-16-12(9)10/h2,4,6-8,10,13,17H,1,3,5,14H2. The second-order valence-corrected chi connectivity index (χ2v) is 5.51. The highest BCUT2D eigenvalue weighted by atomic mass is 32.1. The first-order valence-electron chi connectivity index (χ1n) is 6.18. The lowest BCUT2D eigenvalue weighted by molar-refractivity contribution is 0.404. The van der Waals surface area contributed by atoms with E-state index in [1.807, 2.05) is 24.0 Å². The molecule has 2 aromatic rings. The van der Waals surface area contributed by atoms with Crippen LogP contribution < -0.4 is 11.3 Å². The Balaban J connectivity index is 1.97. The molecule has 94 valence electrons. The van der Waals surface area contributed by atoms with Crippen molar-refractivity contribution < 1.29 is 0 Å². The van der Waals surface area contributed by atoms with E-state index in [4.69, 9.17) is 5.84 Å². The third-order valence-electron chi connectivity index (χ3n) is 3.58. The van der Waals surface area contributed by atoms with E-state index in [0.717, 1.165) is 12.8 Å². The Morgan fingerprint density at radius 1 is 1.50 bits per heavy atom. The van der Waals surface area contributed by atoms with Gasteiger partial charge in [-0.25, -0.2) is 0 Å². The van der Waals surface area contributed by atoms with Crippen LogP contribution in [0.15, 0.2) is 30.0 Å². The van der Waals surface area contributed by atoms with Gasteiger partial charge in [-0.05, 0) is 30.9 Å². The van der Waals surface area contributed by atoms with Crippen LogP contribution in [0.4, 0.5) is 0 Å². The van der Waals surface area contributed by atoms with Gasteiger partial charge in [-0.3, -0.25) is 21.2 Å². The molecule has 0 aliphatic heterocycles. The van der Waals surface area contributed by atoms with E-state index in [9.17, 15) is 0 Å². The zero-order valence-electron chi connectivity index (χ0n) is 10.0. The monoisotopic (exact) mass is 260 g/mol. The molecule has 0 radical (unpaired) electrons. The number of nitrogens with one attached hydrogen (secondary N) is 1. The van der Waals surface area contributed by atoms with Gasteiger partial charge in [0.25, 0.3) is 0 Å². The molecule has 18 heavy (non-hydrogen) atoms. The molecule has 2 unspecified atom stereocenters. The predicted molar refractivity (Wildman–Crippen MR) is 72.1 cm³/mol. The highest BCUT2D eigenvalue weighted by Gasteiger charge is 2.30. The van der Waals surface area contributed by atoms with Crippen LogP contribution in [-0.2, 0) is 6.42 Å². The van der Waals surface area contributed by atoms with Crippen LogP contribution in [0.5, 0.6) is 0 Å². The molecule has 1 aliphatic rings. The van der Waals surface area contributed by atoms with Gasteiger partial charge in [-0.1, -0.05) is 6.07 Å². The lowest BCUT2D eigenvalue weighted by Gasteiger charge is -2.30. The smallest absolute Gasteiger partial charge is 0.0794 e. The van der Waals surface area contributed by atoms with Gasteiger partial charge in [-0.15, -0.1) is 11.3 Å². The number of pyridine rings is 1. The second kappa shape index (κ2) is 5.14. The Bertz CT molecular complexity index is 511. The van der Waals surface area contributed by atoms with E-state index in [0.29, 0.717) is 5.92 Å². The predicted octanol–water partition coefficient (Wildman–Crippen LogP) is 2.16. The maximum Gasteiger partial charge on any atom is 0.0794 e. The van der Waals surface area contributed by atoms with Crippen LogP contribution in [0, 0.1) is 0 Å². The molecule has 0 fully saturated rings. The topological polar surface area (TPSA) is 63.8 Å². The van der Waals surface area contributed by atoms with Gasteiger partial charge in [-0.2, -0.15) is 0 Å². The van der Waals surface area contributed by atoms with Gasteiger partial charge in [0.05, 0.1) is 11.6 Å². The Morgan fingerprint density at radius 3 is 3.22 bits per heavy atom. The van der Waals surface area contributed by atoms with Gasteiger partial charge in [0.2, 0.25) is 0 Å². The van der Waals surface area contributed by atoms with Crippen LogP contribution in [0.2, 0.25) is 0 Å². The summed E-state index contributed by atoms with van der Waals surface area (Å²) in [5, 5.41) is 0. The van der Waals surface area contributed by atoms with Crippen molar-refractivity contribution in [2.24, 2.45) is 5.84 Å². The van der Waals surface area contributed by atoms with Gasteiger partial charge >= 0.3 is 0 Å². The maximum absolute atomic E-state index is 5.75. The van der Waals surface area contributed by atoms with E-state index in [-0.39, 0.29) is 6.04 Å². The highest BCUT2D eigenvalue weighted by Crippen LogP contribution is 2.39. The average Bonchev–Trinajstić information content (AvgIpc) is 2.94. The summed E-state index contributed by atoms with van der Waals surface area (Å²) in [6.07, 6.45) is 7.21. The van der Waals surface area contributed by atoms with E-state index in [1.165, 1.54) is 22.6 Å². The molecule has 3 N–H and O–H groups in total. The molecule has 1 aliphatic carbocycles. The van der Waals surface area contributed by atoms with Crippen molar-refractivity contribution in [2.75, 3.05) is 0 Å². The van der Waals surface area contributed by atoms with Crippen molar-refractivity contribution >= 4 is 11.3 Å². The normalized spacial score (nSPS) is 20.4. The van der Waals surface area contributed by atoms with Crippen LogP contribution in [0.3, 0.4) is 0 Å². The molecule has 0 aromatic carbocycles. The summed E-state index contributed by atoms with van der Waals surface area (Å²) >= 11 is 1.64. The fraction of sp³-hybridized carbons (Fsp3) is 0.385. The minimum Gasteiger partial charge on any atom is -0.271 e. The minimum atomic E-state index is 0.117. The molecule has 2 atom stereocenters. The Hall–Kier alpha value is -1.30. The van der Waals surface area contributed by atoms with Crippen molar-refractivity contribution in [2.45, 2.75) is 31.2 Å². The number of nitrogens with zero attached hydrogens (tertiary/aromatic N) is 2. The molecule has 0 amide bonds. The molecule has 0 saturated carbocycles. The fourth-order valence-corrected chi connectivity index (χ4v) is 3.49. The quantitative estimate of drug-likeness (QED) is 0.655. The van der Waals surface area contributed by atoms with Crippen LogP contribution >= 0.6 is 11.3 Å². The molecular weight excluding hydrogens is 244 g/mol. The number of rotatable bonds is 3. The number of hydrazine groups is 1. The van der Waals surface area contributed by atoms with Gasteiger partial charge < -0.3 is 0 Å². The fourth-order valence-electron chi connectivity index (χ4n) is 2.75. The van der Waals surface area contributed by atoms with Crippen molar-refractivity contribution in [3.63, 3.8) is 0 Å². The average molecular weight is 260 g/mol. The summed E-state index contributed by atoms with van der Waals surface area (Å²) in [6.45, 7) is 0. The molecule has 0 saturated heterocycles. The zero-order valence-corrected chi connectivity index (χ0v) is 10.9. The molecule has 0 spiro atoms. The molecule has 4 nitrogen and oxygen atoms in total. The summed E-state index contributed by atoms with van der Waals surface area (Å²) in [7, 11) is 0. The van der Waals surface area contributed by atoms with Crippen molar-refractivity contribution in [1.29, 1.82) is 0 Å². The number of aromatic nitrogens is 2. The van der Waals surface area contributed by atoms with Gasteiger partial charge in [0, 0.05) is 28.9 Å². The number of thiazole rings is 1. The molecule has 2 heterocycles. The lowest BCUT2D eigenvalue weighted by atomic mass is 9.82. The van der Waals surface area contributed by atoms with Crippen LogP contribution in [0.25, 0.3) is 0 Å². The van der Waals surface area contributed by atoms with Crippen molar-refractivity contribution in [1.82, 2.24) is 15.4 Å². The third-order valence-corrected chi connectivity index (χ3v) is 4.44. The number of fused-ring (bicyclic) bond motifs is 1. The van der Waals surface area contributed by atoms with Gasteiger partial charge in [0.1, 0.15) is 0 Å². The summed E-state index contributed by atoms with van der Waals surface area (Å²) in [4.78, 5) is 9.89. The number of aryl methyl sites for hydroxylation is 1. The van der Waals surface area contributed by atoms with E-state index < -0.39 is 0 Å². The first-order valence-corrected chi connectivity index (χ1v) is 7.06.